The van der Waals surface area contributed by atoms with E-state index < -0.39 is 0 Å². The smallest absolute Gasteiger partial charge is 0.255 e. The van der Waals surface area contributed by atoms with Gasteiger partial charge in [0, 0.05) is 11.1 Å². The highest BCUT2D eigenvalue weighted by molar-refractivity contribution is 6.06. The maximum absolute atomic E-state index is 12.8. The fourth-order valence-electron chi connectivity index (χ4n) is 3.41. The predicted molar refractivity (Wildman–Crippen MR) is 100 cm³/mol. The minimum atomic E-state index is -0.115. The summed E-state index contributed by atoms with van der Waals surface area (Å²) in [6.45, 7) is 4.04. The van der Waals surface area contributed by atoms with Crippen LogP contribution in [-0.2, 0) is 12.8 Å². The van der Waals surface area contributed by atoms with Crippen molar-refractivity contribution in [3.05, 3.63) is 59.2 Å². The molecule has 2 aromatic carbocycles. The summed E-state index contributed by atoms with van der Waals surface area (Å²) in [5.74, 6) is 0.528. The molecule has 6 heteroatoms. The molecule has 1 N–H and O–H groups in total. The first-order valence-electron chi connectivity index (χ1n) is 8.94. The quantitative estimate of drug-likeness (QED) is 0.782. The first kappa shape index (κ1) is 16.4. The molecule has 0 saturated carbocycles. The van der Waals surface area contributed by atoms with Gasteiger partial charge in [0.15, 0.2) is 5.82 Å². The van der Waals surface area contributed by atoms with Gasteiger partial charge in [-0.25, -0.2) is 4.68 Å². The molecule has 1 aromatic heterocycles. The highest BCUT2D eigenvalue weighted by Gasteiger charge is 2.18. The summed E-state index contributed by atoms with van der Waals surface area (Å²) < 4.78 is 1.75. The van der Waals surface area contributed by atoms with Crippen molar-refractivity contribution in [3.8, 4) is 11.4 Å². The number of rotatable bonds is 4. The van der Waals surface area contributed by atoms with E-state index in [0.29, 0.717) is 17.1 Å². The first-order valence-corrected chi connectivity index (χ1v) is 8.94. The number of anilines is 1. The van der Waals surface area contributed by atoms with Gasteiger partial charge in [-0.05, 0) is 78.9 Å². The molecule has 0 fully saturated rings. The van der Waals surface area contributed by atoms with Crippen LogP contribution in [0.1, 0.15) is 47.8 Å². The van der Waals surface area contributed by atoms with Crippen molar-refractivity contribution in [2.75, 3.05) is 5.32 Å². The van der Waals surface area contributed by atoms with Gasteiger partial charge in [0.05, 0.1) is 11.7 Å². The molecule has 132 valence electrons. The number of tetrazole rings is 1. The zero-order valence-corrected chi connectivity index (χ0v) is 14.9. The Balaban J connectivity index is 1.65. The Morgan fingerprint density at radius 2 is 1.92 bits per heavy atom. The van der Waals surface area contributed by atoms with Crippen LogP contribution >= 0.6 is 0 Å². The van der Waals surface area contributed by atoms with E-state index in [-0.39, 0.29) is 11.9 Å². The van der Waals surface area contributed by atoms with Crippen molar-refractivity contribution in [1.29, 1.82) is 0 Å². The van der Waals surface area contributed by atoms with Gasteiger partial charge in [-0.1, -0.05) is 18.2 Å². The summed E-state index contributed by atoms with van der Waals surface area (Å²) in [6, 6.07) is 13.7. The molecule has 4 rings (SSSR count). The highest BCUT2D eigenvalue weighted by atomic mass is 16.1. The Labute approximate surface area is 152 Å². The standard InChI is InChI=1S/C20H21N5O/c1-13(2)25-19(22-23-24-25)17-8-3-4-9-18(17)21-20(26)16-11-10-14-6-5-7-15(14)12-16/h3-4,8-13H,5-7H2,1-2H3,(H,21,26). The number of aryl methyl sites for hydroxylation is 2. The largest absolute Gasteiger partial charge is 0.321 e. The van der Waals surface area contributed by atoms with Gasteiger partial charge in [-0.15, -0.1) is 5.10 Å². The Morgan fingerprint density at radius 1 is 1.12 bits per heavy atom. The molecule has 0 bridgehead atoms. The molecule has 3 aromatic rings. The van der Waals surface area contributed by atoms with Crippen LogP contribution in [0.4, 0.5) is 5.69 Å². The van der Waals surface area contributed by atoms with Crippen molar-refractivity contribution in [2.24, 2.45) is 0 Å². The maximum Gasteiger partial charge on any atom is 0.255 e. The minimum Gasteiger partial charge on any atom is -0.321 e. The molecule has 0 saturated heterocycles. The molecule has 6 nitrogen and oxygen atoms in total. The number of fused-ring (bicyclic) bond motifs is 1. The van der Waals surface area contributed by atoms with Crippen molar-refractivity contribution < 1.29 is 4.79 Å². The summed E-state index contributed by atoms with van der Waals surface area (Å²) in [6.07, 6.45) is 3.33. The summed E-state index contributed by atoms with van der Waals surface area (Å²) in [7, 11) is 0. The SMILES string of the molecule is CC(C)n1nnnc1-c1ccccc1NC(=O)c1ccc2c(c1)CCC2. The van der Waals surface area contributed by atoms with Crippen LogP contribution in [0.15, 0.2) is 42.5 Å². The number of aromatic nitrogens is 4. The van der Waals surface area contributed by atoms with E-state index in [1.807, 2.05) is 50.2 Å². The van der Waals surface area contributed by atoms with Gasteiger partial charge in [-0.3, -0.25) is 4.79 Å². The summed E-state index contributed by atoms with van der Waals surface area (Å²) in [5.41, 5.74) is 4.84. The molecular formula is C20H21N5O. The number of para-hydroxylation sites is 1. The van der Waals surface area contributed by atoms with Crippen LogP contribution in [-0.4, -0.2) is 26.1 Å². The van der Waals surface area contributed by atoms with Crippen LogP contribution < -0.4 is 5.32 Å². The lowest BCUT2D eigenvalue weighted by atomic mass is 10.1. The van der Waals surface area contributed by atoms with Gasteiger partial charge in [0.25, 0.3) is 5.91 Å². The van der Waals surface area contributed by atoms with Crippen molar-refractivity contribution in [3.63, 3.8) is 0 Å². The van der Waals surface area contributed by atoms with Crippen LogP contribution in [0, 0.1) is 0 Å². The van der Waals surface area contributed by atoms with Crippen LogP contribution in [0.3, 0.4) is 0 Å². The zero-order valence-electron chi connectivity index (χ0n) is 14.9. The van der Waals surface area contributed by atoms with E-state index in [1.54, 1.807) is 4.68 Å². The second kappa shape index (κ2) is 6.71. The van der Waals surface area contributed by atoms with Gasteiger partial charge in [0.2, 0.25) is 0 Å². The molecule has 0 atom stereocenters. The fraction of sp³-hybridized carbons (Fsp3) is 0.300. The average molecular weight is 347 g/mol. The third-order valence-electron chi connectivity index (χ3n) is 4.76. The molecule has 0 radical (unpaired) electrons. The Bertz CT molecular complexity index is 960. The first-order chi connectivity index (χ1) is 12.6. The molecule has 1 amide bonds. The Hall–Kier alpha value is -3.02. The Morgan fingerprint density at radius 3 is 2.77 bits per heavy atom. The normalized spacial score (nSPS) is 13.0. The van der Waals surface area contributed by atoms with Crippen molar-refractivity contribution in [1.82, 2.24) is 20.2 Å². The third-order valence-corrected chi connectivity index (χ3v) is 4.76. The van der Waals surface area contributed by atoms with Crippen LogP contribution in [0.5, 0.6) is 0 Å². The van der Waals surface area contributed by atoms with E-state index in [0.717, 1.165) is 18.4 Å². The fourth-order valence-corrected chi connectivity index (χ4v) is 3.41. The molecule has 0 spiro atoms. The molecular weight excluding hydrogens is 326 g/mol. The van der Waals surface area contributed by atoms with Gasteiger partial charge < -0.3 is 5.32 Å². The number of amides is 1. The third kappa shape index (κ3) is 2.98. The number of hydrogen-bond donors (Lipinski definition) is 1. The number of nitrogens with zero attached hydrogens (tertiary/aromatic N) is 4. The van der Waals surface area contributed by atoms with E-state index in [9.17, 15) is 4.79 Å². The Kier molecular flexibility index (Phi) is 4.24. The van der Waals surface area contributed by atoms with Gasteiger partial charge in [-0.2, -0.15) is 0 Å². The molecule has 1 heterocycles. The lowest BCUT2D eigenvalue weighted by molar-refractivity contribution is 0.102. The average Bonchev–Trinajstić information content (AvgIpc) is 3.30. The number of carbonyl (C=O) groups excluding carboxylic acids is 1. The topological polar surface area (TPSA) is 72.7 Å². The second-order valence-corrected chi connectivity index (χ2v) is 6.88. The summed E-state index contributed by atoms with van der Waals surface area (Å²) in [4.78, 5) is 12.8. The lowest BCUT2D eigenvalue weighted by Crippen LogP contribution is -2.14. The zero-order chi connectivity index (χ0) is 18.1. The number of carbonyl (C=O) groups is 1. The van der Waals surface area contributed by atoms with E-state index in [1.165, 1.54) is 17.5 Å². The van der Waals surface area contributed by atoms with Gasteiger partial charge >= 0.3 is 0 Å². The second-order valence-electron chi connectivity index (χ2n) is 6.88. The molecule has 26 heavy (non-hydrogen) atoms. The number of nitrogens with one attached hydrogen (secondary N) is 1. The molecule has 1 aliphatic carbocycles. The molecule has 1 aliphatic rings. The summed E-state index contributed by atoms with van der Waals surface area (Å²) >= 11 is 0. The van der Waals surface area contributed by atoms with Crippen LogP contribution in [0.2, 0.25) is 0 Å². The van der Waals surface area contributed by atoms with E-state index in [2.05, 4.69) is 26.9 Å². The molecule has 0 aliphatic heterocycles. The predicted octanol–water partition coefficient (Wildman–Crippen LogP) is 3.66. The van der Waals surface area contributed by atoms with E-state index >= 15 is 0 Å². The minimum absolute atomic E-state index is 0.115. The van der Waals surface area contributed by atoms with Crippen LogP contribution in [0.25, 0.3) is 11.4 Å². The number of benzene rings is 2. The van der Waals surface area contributed by atoms with Crippen molar-refractivity contribution >= 4 is 11.6 Å². The monoisotopic (exact) mass is 347 g/mol. The van der Waals surface area contributed by atoms with Crippen molar-refractivity contribution in [2.45, 2.75) is 39.2 Å². The lowest BCUT2D eigenvalue weighted by Gasteiger charge is -2.13. The highest BCUT2D eigenvalue weighted by Crippen LogP contribution is 2.28. The van der Waals surface area contributed by atoms with E-state index in [4.69, 9.17) is 0 Å². The molecule has 0 unspecified atom stereocenters. The maximum atomic E-state index is 12.8. The number of hydrogen-bond acceptors (Lipinski definition) is 4. The van der Waals surface area contributed by atoms with Gasteiger partial charge in [0.1, 0.15) is 0 Å². The summed E-state index contributed by atoms with van der Waals surface area (Å²) in [5, 5.41) is 15.0.